The lowest BCUT2D eigenvalue weighted by molar-refractivity contribution is 0.421. The molecule has 0 heterocycles. The van der Waals surface area contributed by atoms with E-state index in [0.29, 0.717) is 6.04 Å². The number of fused-ring (bicyclic) bond motifs is 1. The smallest absolute Gasteiger partial charge is 0.0408 e. The molecule has 3 rings (SSSR count). The monoisotopic (exact) mass is 299 g/mol. The van der Waals surface area contributed by atoms with Crippen LogP contribution in [-0.2, 0) is 11.8 Å². The highest BCUT2D eigenvalue weighted by atomic mass is 35.5. The van der Waals surface area contributed by atoms with Crippen molar-refractivity contribution in [3.63, 3.8) is 0 Å². The van der Waals surface area contributed by atoms with Gasteiger partial charge in [-0.3, -0.25) is 0 Å². The lowest BCUT2D eigenvalue weighted by atomic mass is 9.84. The van der Waals surface area contributed by atoms with Gasteiger partial charge < -0.3 is 5.32 Å². The molecule has 0 saturated carbocycles. The first-order valence-electron chi connectivity index (χ1n) is 7.63. The number of aryl methyl sites for hydroxylation is 1. The normalized spacial score (nSPS) is 17.8. The first kappa shape index (κ1) is 14.6. The zero-order valence-corrected chi connectivity index (χ0v) is 13.5. The lowest BCUT2D eigenvalue weighted by Gasteiger charge is -2.28. The van der Waals surface area contributed by atoms with E-state index in [2.05, 4.69) is 61.6 Å². The van der Waals surface area contributed by atoms with Crippen LogP contribution in [0.15, 0.2) is 48.5 Å². The molecular weight excluding hydrogens is 278 g/mol. The Kier molecular flexibility index (Phi) is 4.05. The van der Waals surface area contributed by atoms with Gasteiger partial charge in [-0.2, -0.15) is 0 Å². The van der Waals surface area contributed by atoms with E-state index < -0.39 is 0 Å². The molecule has 21 heavy (non-hydrogen) atoms. The summed E-state index contributed by atoms with van der Waals surface area (Å²) in [6, 6.07) is 17.5. The summed E-state index contributed by atoms with van der Waals surface area (Å²) in [4.78, 5) is 0. The zero-order chi connectivity index (χ0) is 14.9. The highest BCUT2D eigenvalue weighted by Crippen LogP contribution is 2.33. The van der Waals surface area contributed by atoms with Gasteiger partial charge in [-0.05, 0) is 41.7 Å². The van der Waals surface area contributed by atoms with Crippen LogP contribution >= 0.6 is 11.6 Å². The molecule has 1 aliphatic carbocycles. The van der Waals surface area contributed by atoms with Crippen LogP contribution in [0.2, 0.25) is 5.02 Å². The first-order chi connectivity index (χ1) is 10.1. The molecule has 1 aliphatic rings. The van der Waals surface area contributed by atoms with Crippen LogP contribution in [0.25, 0.3) is 0 Å². The fourth-order valence-electron chi connectivity index (χ4n) is 3.17. The van der Waals surface area contributed by atoms with Crippen molar-refractivity contribution in [2.45, 2.75) is 38.1 Å². The summed E-state index contributed by atoms with van der Waals surface area (Å²) in [7, 11) is 0. The van der Waals surface area contributed by atoms with Gasteiger partial charge in [-0.25, -0.2) is 0 Å². The van der Waals surface area contributed by atoms with Crippen molar-refractivity contribution in [3.8, 4) is 0 Å². The van der Waals surface area contributed by atoms with Crippen molar-refractivity contribution in [1.29, 1.82) is 0 Å². The molecule has 0 saturated heterocycles. The largest absolute Gasteiger partial charge is 0.309 e. The van der Waals surface area contributed by atoms with E-state index in [0.717, 1.165) is 18.0 Å². The second-order valence-electron chi connectivity index (χ2n) is 6.57. The minimum absolute atomic E-state index is 0.135. The van der Waals surface area contributed by atoms with Crippen LogP contribution in [0.5, 0.6) is 0 Å². The Bertz CT molecular complexity index is 619. The molecule has 0 aromatic heterocycles. The van der Waals surface area contributed by atoms with Crippen LogP contribution in [0.4, 0.5) is 0 Å². The quantitative estimate of drug-likeness (QED) is 0.847. The lowest BCUT2D eigenvalue weighted by Crippen LogP contribution is -2.34. The standard InChI is InChI=1S/C19H22ClN/c1-19(2,15-6-4-3-5-7-15)13-21-18-11-8-14-12-16(20)9-10-17(14)18/h3-7,9-10,12,18,21H,8,11,13H2,1-2H3. The highest BCUT2D eigenvalue weighted by Gasteiger charge is 2.26. The summed E-state index contributed by atoms with van der Waals surface area (Å²) in [6.45, 7) is 5.57. The Morgan fingerprint density at radius 1 is 1.14 bits per heavy atom. The van der Waals surface area contributed by atoms with Crippen molar-refractivity contribution in [2.75, 3.05) is 6.54 Å². The number of hydrogen-bond acceptors (Lipinski definition) is 1. The van der Waals surface area contributed by atoms with E-state index in [-0.39, 0.29) is 5.41 Å². The van der Waals surface area contributed by atoms with E-state index in [9.17, 15) is 0 Å². The number of rotatable bonds is 4. The molecule has 1 nitrogen and oxygen atoms in total. The second kappa shape index (κ2) is 5.82. The van der Waals surface area contributed by atoms with Crippen LogP contribution in [0, 0.1) is 0 Å². The maximum Gasteiger partial charge on any atom is 0.0408 e. The van der Waals surface area contributed by atoms with Crippen LogP contribution < -0.4 is 5.32 Å². The molecule has 0 radical (unpaired) electrons. The van der Waals surface area contributed by atoms with Crippen molar-refractivity contribution < 1.29 is 0 Å². The Balaban J connectivity index is 1.70. The Hall–Kier alpha value is -1.31. The summed E-state index contributed by atoms with van der Waals surface area (Å²) in [5.41, 5.74) is 4.34. The summed E-state index contributed by atoms with van der Waals surface area (Å²) < 4.78 is 0. The predicted molar refractivity (Wildman–Crippen MR) is 90.0 cm³/mol. The third kappa shape index (κ3) is 3.14. The molecule has 0 amide bonds. The SMILES string of the molecule is CC(C)(CNC1CCc2cc(Cl)ccc21)c1ccccc1. The third-order valence-corrected chi connectivity index (χ3v) is 4.76. The Morgan fingerprint density at radius 3 is 2.67 bits per heavy atom. The molecule has 1 N–H and O–H groups in total. The fourth-order valence-corrected chi connectivity index (χ4v) is 3.36. The van der Waals surface area contributed by atoms with Crippen molar-refractivity contribution in [2.24, 2.45) is 0 Å². The minimum atomic E-state index is 0.135. The van der Waals surface area contributed by atoms with Crippen molar-refractivity contribution in [3.05, 3.63) is 70.2 Å². The molecule has 0 spiro atoms. The average Bonchev–Trinajstić information content (AvgIpc) is 2.88. The Morgan fingerprint density at radius 2 is 1.90 bits per heavy atom. The van der Waals surface area contributed by atoms with Gasteiger partial charge in [-0.15, -0.1) is 0 Å². The van der Waals surface area contributed by atoms with E-state index in [4.69, 9.17) is 11.6 Å². The maximum absolute atomic E-state index is 6.08. The Labute approximate surface area is 132 Å². The fraction of sp³-hybridized carbons (Fsp3) is 0.368. The van der Waals surface area contributed by atoms with Crippen molar-refractivity contribution in [1.82, 2.24) is 5.32 Å². The van der Waals surface area contributed by atoms with E-state index >= 15 is 0 Å². The first-order valence-corrected chi connectivity index (χ1v) is 8.01. The van der Waals surface area contributed by atoms with Crippen molar-refractivity contribution >= 4 is 11.6 Å². The molecule has 2 aromatic carbocycles. The third-order valence-electron chi connectivity index (χ3n) is 4.53. The van der Waals surface area contributed by atoms with Crippen LogP contribution in [-0.4, -0.2) is 6.54 Å². The summed E-state index contributed by atoms with van der Waals surface area (Å²) in [6.07, 6.45) is 2.29. The van der Waals surface area contributed by atoms with E-state index in [1.54, 1.807) is 0 Å². The molecule has 0 bridgehead atoms. The second-order valence-corrected chi connectivity index (χ2v) is 7.00. The van der Waals surface area contributed by atoms with Gasteiger partial charge in [-0.1, -0.05) is 61.8 Å². The molecule has 0 fully saturated rings. The molecule has 2 aromatic rings. The molecule has 110 valence electrons. The number of hydrogen-bond donors (Lipinski definition) is 1. The average molecular weight is 300 g/mol. The molecule has 2 heteroatoms. The highest BCUT2D eigenvalue weighted by molar-refractivity contribution is 6.30. The zero-order valence-electron chi connectivity index (χ0n) is 12.7. The molecular formula is C19H22ClN. The summed E-state index contributed by atoms with van der Waals surface area (Å²) >= 11 is 6.08. The number of benzene rings is 2. The molecule has 0 aliphatic heterocycles. The molecule has 1 atom stereocenters. The maximum atomic E-state index is 6.08. The van der Waals surface area contributed by atoms with Gasteiger partial charge >= 0.3 is 0 Å². The summed E-state index contributed by atoms with van der Waals surface area (Å²) in [5, 5.41) is 4.60. The van der Waals surface area contributed by atoms with Crippen LogP contribution in [0.3, 0.4) is 0 Å². The van der Waals surface area contributed by atoms with E-state index in [1.807, 2.05) is 6.07 Å². The van der Waals surface area contributed by atoms with E-state index in [1.165, 1.54) is 23.1 Å². The van der Waals surface area contributed by atoms with Gasteiger partial charge in [0, 0.05) is 23.0 Å². The minimum Gasteiger partial charge on any atom is -0.309 e. The van der Waals surface area contributed by atoms with Gasteiger partial charge in [0.25, 0.3) is 0 Å². The van der Waals surface area contributed by atoms with Crippen LogP contribution in [0.1, 0.15) is 43.0 Å². The van der Waals surface area contributed by atoms with Gasteiger partial charge in [0.2, 0.25) is 0 Å². The molecule has 1 unspecified atom stereocenters. The predicted octanol–water partition coefficient (Wildman–Crippen LogP) is 4.89. The number of halogens is 1. The summed E-state index contributed by atoms with van der Waals surface area (Å²) in [5.74, 6) is 0. The van der Waals surface area contributed by atoms with Gasteiger partial charge in [0.05, 0.1) is 0 Å². The van der Waals surface area contributed by atoms with Gasteiger partial charge in [0.1, 0.15) is 0 Å². The number of nitrogens with one attached hydrogen (secondary N) is 1. The van der Waals surface area contributed by atoms with Gasteiger partial charge in [0.15, 0.2) is 0 Å². The topological polar surface area (TPSA) is 12.0 Å².